The average molecular weight is 831 g/mol. The zero-order valence-corrected chi connectivity index (χ0v) is 37.8. The molecule has 0 spiro atoms. The highest BCUT2D eigenvalue weighted by Crippen LogP contribution is 2.19. The van der Waals surface area contributed by atoms with Gasteiger partial charge < -0.3 is 24.1 Å². The molecule has 0 aliphatic rings. The first-order chi connectivity index (χ1) is 28.8. The summed E-state index contributed by atoms with van der Waals surface area (Å²) in [5, 5.41) is 10.1. The molecule has 0 aliphatic carbocycles. The molecule has 0 aromatic heterocycles. The van der Waals surface area contributed by atoms with Gasteiger partial charge in [0, 0.05) is 0 Å². The smallest absolute Gasteiger partial charge is 0.317 e. The number of unbranched alkanes of at least 4 members (excludes halogenated alkanes) is 30. The first-order valence-corrected chi connectivity index (χ1v) is 24.3. The average Bonchev–Trinajstić information content (AvgIpc) is 3.21. The number of aromatic hydroxyl groups is 1. The Kier molecular flexibility index (Phi) is 36.8. The van der Waals surface area contributed by atoms with Crippen molar-refractivity contribution in [1.82, 2.24) is 0 Å². The lowest BCUT2D eigenvalue weighted by Gasteiger charge is -2.10. The third-order valence-corrected chi connectivity index (χ3v) is 10.9. The number of benzene rings is 1. The van der Waals surface area contributed by atoms with Gasteiger partial charge in [-0.3, -0.25) is 19.2 Å². The minimum atomic E-state index is -0.726. The van der Waals surface area contributed by atoms with Crippen LogP contribution in [-0.2, 0) is 51.3 Å². The third kappa shape index (κ3) is 36.5. The molecule has 0 heterocycles. The zero-order chi connectivity index (χ0) is 42.9. The molecule has 1 N–H and O–H groups in total. The maximum Gasteiger partial charge on any atom is 0.317 e. The van der Waals surface area contributed by atoms with Gasteiger partial charge in [0.25, 0.3) is 0 Å². The van der Waals surface area contributed by atoms with E-state index in [0.29, 0.717) is 11.1 Å². The van der Waals surface area contributed by atoms with Crippen molar-refractivity contribution in [3.8, 4) is 5.75 Å². The van der Waals surface area contributed by atoms with Gasteiger partial charge in [-0.1, -0.05) is 206 Å². The Labute approximate surface area is 359 Å². The second-order valence-corrected chi connectivity index (χ2v) is 16.7. The van der Waals surface area contributed by atoms with E-state index in [-0.39, 0.29) is 32.2 Å². The summed E-state index contributed by atoms with van der Waals surface area (Å²) < 4.78 is 20.9. The van der Waals surface area contributed by atoms with E-state index < -0.39 is 36.7 Å². The molecular formula is C50H86O9. The van der Waals surface area contributed by atoms with E-state index in [0.717, 1.165) is 38.5 Å². The summed E-state index contributed by atoms with van der Waals surface area (Å²) in [6.07, 6.45) is 39.7. The second-order valence-electron chi connectivity index (χ2n) is 16.7. The summed E-state index contributed by atoms with van der Waals surface area (Å²) >= 11 is 0. The molecule has 1 aromatic rings. The predicted molar refractivity (Wildman–Crippen MR) is 238 cm³/mol. The van der Waals surface area contributed by atoms with E-state index in [1.807, 2.05) is 0 Å². The molecule has 1 rings (SSSR count). The van der Waals surface area contributed by atoms with Gasteiger partial charge in [-0.25, -0.2) is 0 Å². The standard InChI is InChI=1S/C50H86O9/c1-3-5-7-9-11-13-15-17-19-21-23-25-27-29-31-33-35-56-47(52)40-49(54)58-42-44-37-45(39-46(51)38-44)43-59-50(55)41-48(53)57-36-34-32-30-28-26-24-22-20-18-16-14-12-10-8-6-4-2/h37-39,51H,3-36,40-43H2,1-2H3. The van der Waals surface area contributed by atoms with Gasteiger partial charge >= 0.3 is 23.9 Å². The second kappa shape index (κ2) is 40.3. The number of esters is 4. The van der Waals surface area contributed by atoms with Crippen LogP contribution in [-0.4, -0.2) is 42.2 Å². The maximum absolute atomic E-state index is 12.2. The van der Waals surface area contributed by atoms with Crippen LogP contribution in [0.15, 0.2) is 18.2 Å². The van der Waals surface area contributed by atoms with Crippen LogP contribution >= 0.6 is 0 Å². The van der Waals surface area contributed by atoms with Crippen LogP contribution in [0.2, 0.25) is 0 Å². The van der Waals surface area contributed by atoms with Crippen molar-refractivity contribution in [3.05, 3.63) is 29.3 Å². The Bertz CT molecular complexity index is 1100. The number of phenols is 1. The fourth-order valence-electron chi connectivity index (χ4n) is 7.35. The van der Waals surface area contributed by atoms with Crippen LogP contribution < -0.4 is 0 Å². The van der Waals surface area contributed by atoms with Crippen molar-refractivity contribution in [2.75, 3.05) is 13.2 Å². The first-order valence-electron chi connectivity index (χ1n) is 24.3. The Morgan fingerprint density at radius 1 is 0.356 bits per heavy atom. The SMILES string of the molecule is CCCCCCCCCCCCCCCCCCOC(=O)CC(=O)OCc1cc(O)cc(COC(=O)CC(=O)OCCCCCCCCCCCCCCCCCC)c1. The summed E-state index contributed by atoms with van der Waals surface area (Å²) in [7, 11) is 0. The van der Waals surface area contributed by atoms with E-state index in [9.17, 15) is 24.3 Å². The van der Waals surface area contributed by atoms with Crippen LogP contribution in [0, 0.1) is 0 Å². The van der Waals surface area contributed by atoms with E-state index in [2.05, 4.69) is 13.8 Å². The molecule has 0 fully saturated rings. The van der Waals surface area contributed by atoms with Crippen molar-refractivity contribution >= 4 is 23.9 Å². The predicted octanol–water partition coefficient (Wildman–Crippen LogP) is 13.9. The van der Waals surface area contributed by atoms with E-state index >= 15 is 0 Å². The normalized spacial score (nSPS) is 11.1. The fraction of sp³-hybridized carbons (Fsp3) is 0.800. The Morgan fingerprint density at radius 3 is 0.864 bits per heavy atom. The lowest BCUT2D eigenvalue weighted by Crippen LogP contribution is -2.15. The molecule has 0 saturated heterocycles. The van der Waals surface area contributed by atoms with Crippen molar-refractivity contribution in [2.45, 2.75) is 245 Å². The van der Waals surface area contributed by atoms with Gasteiger partial charge in [0.05, 0.1) is 13.2 Å². The van der Waals surface area contributed by atoms with Crippen molar-refractivity contribution < 1.29 is 43.2 Å². The summed E-state index contributed by atoms with van der Waals surface area (Å²) in [6, 6.07) is 4.46. The molecule has 0 radical (unpaired) electrons. The van der Waals surface area contributed by atoms with Gasteiger partial charge in [-0.05, 0) is 42.2 Å². The minimum Gasteiger partial charge on any atom is -0.508 e. The number of hydrogen-bond donors (Lipinski definition) is 1. The van der Waals surface area contributed by atoms with E-state index in [4.69, 9.17) is 18.9 Å². The topological polar surface area (TPSA) is 125 Å². The van der Waals surface area contributed by atoms with E-state index in [1.54, 1.807) is 6.07 Å². The molecule has 0 aliphatic heterocycles. The number of carbonyl (C=O) groups excluding carboxylic acids is 4. The summed E-state index contributed by atoms with van der Waals surface area (Å²) in [6.45, 7) is 4.75. The van der Waals surface area contributed by atoms with Gasteiger partial charge in [-0.2, -0.15) is 0 Å². The van der Waals surface area contributed by atoms with Crippen LogP contribution in [0.1, 0.15) is 243 Å². The monoisotopic (exact) mass is 831 g/mol. The number of rotatable bonds is 42. The lowest BCUT2D eigenvalue weighted by atomic mass is 10.0. The minimum absolute atomic E-state index is 0.0963. The van der Waals surface area contributed by atoms with Crippen LogP contribution in [0.4, 0.5) is 0 Å². The van der Waals surface area contributed by atoms with Gasteiger partial charge in [0.1, 0.15) is 31.8 Å². The fourth-order valence-corrected chi connectivity index (χ4v) is 7.35. The molecule has 9 nitrogen and oxygen atoms in total. The number of carbonyl (C=O) groups is 4. The van der Waals surface area contributed by atoms with Crippen LogP contribution in [0.25, 0.3) is 0 Å². The first kappa shape index (κ1) is 53.9. The molecule has 9 heteroatoms. The molecule has 340 valence electrons. The van der Waals surface area contributed by atoms with Gasteiger partial charge in [-0.15, -0.1) is 0 Å². The summed E-state index contributed by atoms with van der Waals surface area (Å²) in [4.78, 5) is 48.7. The molecule has 0 bridgehead atoms. The summed E-state index contributed by atoms with van der Waals surface area (Å²) in [5.41, 5.74) is 0.924. The van der Waals surface area contributed by atoms with Crippen molar-refractivity contribution in [2.24, 2.45) is 0 Å². The molecule has 1 aromatic carbocycles. The van der Waals surface area contributed by atoms with Crippen molar-refractivity contribution in [1.29, 1.82) is 0 Å². The largest absolute Gasteiger partial charge is 0.508 e. The number of hydrogen-bond acceptors (Lipinski definition) is 9. The molecule has 59 heavy (non-hydrogen) atoms. The zero-order valence-electron chi connectivity index (χ0n) is 37.8. The van der Waals surface area contributed by atoms with E-state index in [1.165, 1.54) is 179 Å². The highest BCUT2D eigenvalue weighted by Gasteiger charge is 2.15. The van der Waals surface area contributed by atoms with Crippen LogP contribution in [0.5, 0.6) is 5.75 Å². The van der Waals surface area contributed by atoms with Gasteiger partial charge in [0.2, 0.25) is 0 Å². The quantitative estimate of drug-likeness (QED) is 0.0297. The van der Waals surface area contributed by atoms with Crippen LogP contribution in [0.3, 0.4) is 0 Å². The highest BCUT2D eigenvalue weighted by atomic mass is 16.6. The Morgan fingerprint density at radius 2 is 0.593 bits per heavy atom. The van der Waals surface area contributed by atoms with Crippen molar-refractivity contribution in [3.63, 3.8) is 0 Å². The molecule has 0 amide bonds. The number of ether oxygens (including phenoxy) is 4. The number of phenolic OH excluding ortho intramolecular Hbond substituents is 1. The molecule has 0 saturated carbocycles. The van der Waals surface area contributed by atoms with Gasteiger partial charge in [0.15, 0.2) is 0 Å². The molecule has 0 atom stereocenters. The summed E-state index contributed by atoms with van der Waals surface area (Å²) in [5.74, 6) is -2.79. The lowest BCUT2D eigenvalue weighted by molar-refractivity contribution is -0.157. The molecule has 0 unspecified atom stereocenters. The third-order valence-electron chi connectivity index (χ3n) is 10.9. The maximum atomic E-state index is 12.2. The highest BCUT2D eigenvalue weighted by molar-refractivity contribution is 5.91. The molecular weight excluding hydrogens is 745 g/mol. The Balaban J connectivity index is 2.03. The Hall–Kier alpha value is -3.10.